The van der Waals surface area contributed by atoms with Crippen LogP contribution in [0, 0.1) is 0 Å². The summed E-state index contributed by atoms with van der Waals surface area (Å²) in [6.07, 6.45) is 0.878. The summed E-state index contributed by atoms with van der Waals surface area (Å²) in [5, 5.41) is 15.5. The monoisotopic (exact) mass is 331 g/mol. The van der Waals surface area contributed by atoms with E-state index in [0.717, 1.165) is 45.8 Å². The van der Waals surface area contributed by atoms with E-state index in [1.807, 2.05) is 11.4 Å². The molecule has 0 atom stereocenters. The Balaban J connectivity index is 2.14. The van der Waals surface area contributed by atoms with Crippen molar-refractivity contribution in [1.82, 2.24) is 10.3 Å². The maximum absolute atomic E-state index is 11.4. The zero-order valence-corrected chi connectivity index (χ0v) is 13.2. The molecule has 0 saturated heterocycles. The highest BCUT2D eigenvalue weighted by atomic mass is 32.1. The summed E-state index contributed by atoms with van der Waals surface area (Å²) < 4.78 is 0. The number of carboxylic acid groups (broad SMARTS) is 1. The summed E-state index contributed by atoms with van der Waals surface area (Å²) >= 11 is 2.80. The zero-order chi connectivity index (χ0) is 15.3. The lowest BCUT2D eigenvalue weighted by Crippen LogP contribution is -2.25. The molecule has 3 aromatic heterocycles. The van der Waals surface area contributed by atoms with Crippen LogP contribution < -0.4 is 11.1 Å². The highest BCUT2D eigenvalue weighted by Crippen LogP contribution is 2.43. The van der Waals surface area contributed by atoms with Crippen molar-refractivity contribution in [1.29, 1.82) is 0 Å². The van der Waals surface area contributed by atoms with Crippen molar-refractivity contribution in [2.45, 2.75) is 13.0 Å². The van der Waals surface area contributed by atoms with E-state index in [1.165, 1.54) is 5.56 Å². The smallest absolute Gasteiger partial charge is 0.348 e. The molecule has 0 unspecified atom stereocenters. The Morgan fingerprint density at radius 2 is 2.32 bits per heavy atom. The molecular formula is C15H13N3O2S2. The normalized spacial score (nSPS) is 14.2. The van der Waals surface area contributed by atoms with Gasteiger partial charge in [0.05, 0.1) is 11.4 Å². The van der Waals surface area contributed by atoms with Crippen molar-refractivity contribution in [3.63, 3.8) is 0 Å². The molecule has 112 valence electrons. The van der Waals surface area contributed by atoms with Crippen molar-refractivity contribution < 1.29 is 9.90 Å². The molecule has 0 spiro atoms. The van der Waals surface area contributed by atoms with Gasteiger partial charge in [-0.25, -0.2) is 9.78 Å². The number of carboxylic acids is 1. The molecule has 0 aliphatic carbocycles. The Bertz CT molecular complexity index is 884. The molecule has 4 heterocycles. The molecule has 5 nitrogen and oxygen atoms in total. The maximum Gasteiger partial charge on any atom is 0.348 e. The average Bonchev–Trinajstić information content (AvgIpc) is 3.14. The van der Waals surface area contributed by atoms with Gasteiger partial charge in [-0.3, -0.25) is 0 Å². The third-order valence-electron chi connectivity index (χ3n) is 3.87. The number of hydrogen-bond donors (Lipinski definition) is 3. The summed E-state index contributed by atoms with van der Waals surface area (Å²) in [4.78, 5) is 18.1. The van der Waals surface area contributed by atoms with Crippen LogP contribution >= 0.6 is 22.7 Å². The predicted molar refractivity (Wildman–Crippen MR) is 89.7 cm³/mol. The first-order valence-electron chi connectivity index (χ1n) is 6.88. The molecule has 7 heteroatoms. The molecule has 0 radical (unpaired) electrons. The minimum atomic E-state index is -0.992. The van der Waals surface area contributed by atoms with Crippen molar-refractivity contribution in [2.75, 3.05) is 12.3 Å². The third kappa shape index (κ3) is 1.93. The minimum absolute atomic E-state index is 0.176. The van der Waals surface area contributed by atoms with Gasteiger partial charge in [-0.2, -0.15) is 0 Å². The van der Waals surface area contributed by atoms with Crippen LogP contribution in [-0.2, 0) is 13.0 Å². The Labute approximate surface area is 134 Å². The van der Waals surface area contributed by atoms with Gasteiger partial charge >= 0.3 is 5.97 Å². The summed E-state index contributed by atoms with van der Waals surface area (Å²) in [5.41, 5.74) is 9.75. The predicted octanol–water partition coefficient (Wildman–Crippen LogP) is 2.95. The second-order valence-electron chi connectivity index (χ2n) is 5.15. The Kier molecular flexibility index (Phi) is 3.14. The number of thiophene rings is 2. The lowest BCUT2D eigenvalue weighted by atomic mass is 9.96. The van der Waals surface area contributed by atoms with E-state index in [1.54, 1.807) is 11.3 Å². The van der Waals surface area contributed by atoms with Gasteiger partial charge in [0.2, 0.25) is 0 Å². The standard InChI is InChI=1S/C15H13N3O2S2/c16-12-11-10(9-2-1-5-21-9)7-3-4-17-6-8(7)18-14(11)22-13(12)15(19)20/h1-2,5,17H,3-4,6,16H2,(H,19,20). The quantitative estimate of drug-likeness (QED) is 0.672. The number of nitrogen functional groups attached to an aromatic ring is 1. The van der Waals surface area contributed by atoms with Crippen molar-refractivity contribution in [2.24, 2.45) is 0 Å². The Hall–Kier alpha value is -1.96. The number of hydrogen-bond acceptors (Lipinski definition) is 6. The van der Waals surface area contributed by atoms with Crippen LogP contribution in [0.15, 0.2) is 17.5 Å². The summed E-state index contributed by atoms with van der Waals surface area (Å²) in [5.74, 6) is -0.992. The molecule has 0 aromatic carbocycles. The molecular weight excluding hydrogens is 318 g/mol. The largest absolute Gasteiger partial charge is 0.477 e. The van der Waals surface area contributed by atoms with Crippen LogP contribution in [-0.4, -0.2) is 22.6 Å². The fourth-order valence-corrected chi connectivity index (χ4v) is 4.69. The van der Waals surface area contributed by atoms with Crippen LogP contribution in [0.1, 0.15) is 20.9 Å². The fraction of sp³-hybridized carbons (Fsp3) is 0.200. The molecule has 3 aromatic rings. The van der Waals surface area contributed by atoms with Gasteiger partial charge in [-0.05, 0) is 30.0 Å². The van der Waals surface area contributed by atoms with E-state index in [0.29, 0.717) is 17.1 Å². The number of aromatic carboxylic acids is 1. The second-order valence-corrected chi connectivity index (χ2v) is 7.09. The van der Waals surface area contributed by atoms with E-state index < -0.39 is 5.97 Å². The topological polar surface area (TPSA) is 88.2 Å². The molecule has 1 aliphatic rings. The minimum Gasteiger partial charge on any atom is -0.477 e. The molecule has 4 rings (SSSR count). The lowest BCUT2D eigenvalue weighted by Gasteiger charge is -2.20. The second kappa shape index (κ2) is 5.05. The number of anilines is 1. The van der Waals surface area contributed by atoms with Gasteiger partial charge in [-0.1, -0.05) is 6.07 Å². The number of nitrogens with two attached hydrogens (primary N) is 1. The highest BCUT2D eigenvalue weighted by molar-refractivity contribution is 7.21. The Morgan fingerprint density at radius 1 is 1.45 bits per heavy atom. The van der Waals surface area contributed by atoms with Crippen LogP contribution in [0.3, 0.4) is 0 Å². The van der Waals surface area contributed by atoms with Gasteiger partial charge in [0.1, 0.15) is 9.71 Å². The number of nitrogens with zero attached hydrogens (tertiary/aromatic N) is 1. The number of pyridine rings is 1. The molecule has 22 heavy (non-hydrogen) atoms. The fourth-order valence-electron chi connectivity index (χ4n) is 2.92. The number of carbonyl (C=O) groups is 1. The molecule has 0 saturated carbocycles. The third-order valence-corrected chi connectivity index (χ3v) is 5.84. The van der Waals surface area contributed by atoms with Crippen molar-refractivity contribution in [3.05, 3.63) is 33.6 Å². The van der Waals surface area contributed by atoms with E-state index >= 15 is 0 Å². The van der Waals surface area contributed by atoms with Crippen molar-refractivity contribution >= 4 is 44.5 Å². The lowest BCUT2D eigenvalue weighted by molar-refractivity contribution is 0.0703. The van der Waals surface area contributed by atoms with E-state index in [2.05, 4.69) is 16.4 Å². The summed E-state index contributed by atoms with van der Waals surface area (Å²) in [6, 6.07) is 4.06. The van der Waals surface area contributed by atoms with Gasteiger partial charge < -0.3 is 16.2 Å². The zero-order valence-electron chi connectivity index (χ0n) is 11.5. The average molecular weight is 331 g/mol. The summed E-state index contributed by atoms with van der Waals surface area (Å²) in [7, 11) is 0. The van der Waals surface area contributed by atoms with Crippen molar-refractivity contribution in [3.8, 4) is 10.4 Å². The number of rotatable bonds is 2. The Morgan fingerprint density at radius 3 is 3.05 bits per heavy atom. The number of nitrogens with one attached hydrogen (secondary N) is 1. The van der Waals surface area contributed by atoms with Gasteiger partial charge in [-0.15, -0.1) is 22.7 Å². The van der Waals surface area contributed by atoms with E-state index in [-0.39, 0.29) is 4.88 Å². The number of aromatic nitrogens is 1. The SMILES string of the molecule is Nc1c(C(=O)O)sc2nc3c(c(-c4cccs4)c12)CCNC3. The highest BCUT2D eigenvalue weighted by Gasteiger charge is 2.25. The first kappa shape index (κ1) is 13.7. The summed E-state index contributed by atoms with van der Waals surface area (Å²) in [6.45, 7) is 1.61. The van der Waals surface area contributed by atoms with Gasteiger partial charge in [0.15, 0.2) is 0 Å². The van der Waals surface area contributed by atoms with Crippen LogP contribution in [0.5, 0.6) is 0 Å². The first-order chi connectivity index (χ1) is 10.7. The maximum atomic E-state index is 11.4. The van der Waals surface area contributed by atoms with E-state index in [4.69, 9.17) is 5.73 Å². The van der Waals surface area contributed by atoms with Crippen LogP contribution in [0.2, 0.25) is 0 Å². The molecule has 4 N–H and O–H groups in total. The van der Waals surface area contributed by atoms with Gasteiger partial charge in [0, 0.05) is 22.4 Å². The van der Waals surface area contributed by atoms with Crippen LogP contribution in [0.25, 0.3) is 20.7 Å². The number of fused-ring (bicyclic) bond motifs is 2. The molecule has 1 aliphatic heterocycles. The molecule has 0 amide bonds. The first-order valence-corrected chi connectivity index (χ1v) is 8.58. The molecule has 0 bridgehead atoms. The van der Waals surface area contributed by atoms with E-state index in [9.17, 15) is 9.90 Å². The van der Waals surface area contributed by atoms with Crippen LogP contribution in [0.4, 0.5) is 5.69 Å². The molecule has 0 fully saturated rings. The van der Waals surface area contributed by atoms with Gasteiger partial charge in [0.25, 0.3) is 0 Å².